The quantitative estimate of drug-likeness (QED) is 0.782. The van der Waals surface area contributed by atoms with Crippen LogP contribution in [0.5, 0.6) is 0 Å². The summed E-state index contributed by atoms with van der Waals surface area (Å²) in [6, 6.07) is 5.75. The first-order valence-corrected chi connectivity index (χ1v) is 7.13. The Labute approximate surface area is 134 Å². The normalized spacial score (nSPS) is 16.6. The van der Waals surface area contributed by atoms with Crippen molar-refractivity contribution >= 4 is 22.5 Å². The van der Waals surface area contributed by atoms with Gasteiger partial charge in [0.25, 0.3) is 11.7 Å². The van der Waals surface area contributed by atoms with Crippen molar-refractivity contribution < 1.29 is 23.7 Å². The molecule has 0 N–H and O–H groups in total. The van der Waals surface area contributed by atoms with Crippen molar-refractivity contribution in [3.63, 3.8) is 0 Å². The van der Waals surface area contributed by atoms with E-state index in [1.54, 1.807) is 0 Å². The molecular formula is C16H20N2O5. The van der Waals surface area contributed by atoms with Gasteiger partial charge in [-0.3, -0.25) is 9.69 Å². The summed E-state index contributed by atoms with van der Waals surface area (Å²) in [5, 5.41) is 0.998. The fourth-order valence-electron chi connectivity index (χ4n) is 3.24. The van der Waals surface area contributed by atoms with E-state index in [1.165, 1.54) is 33.3 Å². The molecule has 23 heavy (non-hydrogen) atoms. The number of carbonyl (C=O) groups excluding carboxylic acids is 1. The minimum absolute atomic E-state index is 0.389. The molecule has 1 amide bonds. The Bertz CT molecular complexity index is 746. The molecule has 1 aliphatic heterocycles. The van der Waals surface area contributed by atoms with Gasteiger partial charge in [-0.25, -0.2) is 0 Å². The van der Waals surface area contributed by atoms with Crippen molar-refractivity contribution in [2.45, 2.75) is 12.2 Å². The third-order valence-corrected chi connectivity index (χ3v) is 4.30. The molecule has 0 unspecified atom stereocenters. The van der Waals surface area contributed by atoms with Gasteiger partial charge in [0.2, 0.25) is 6.41 Å². The van der Waals surface area contributed by atoms with Crippen LogP contribution in [-0.2, 0) is 36.6 Å². The molecule has 0 saturated carbocycles. The van der Waals surface area contributed by atoms with Gasteiger partial charge in [-0.2, -0.15) is 0 Å². The molecule has 0 atom stereocenters. The SMILES string of the molecule is COC(OC)N1C(=O)C(OC)(OC)c2ccc3ccn(C)c3c21. The molecule has 2 heterocycles. The molecular weight excluding hydrogens is 300 g/mol. The van der Waals surface area contributed by atoms with Crippen LogP contribution in [0.25, 0.3) is 10.9 Å². The summed E-state index contributed by atoms with van der Waals surface area (Å²) in [5.41, 5.74) is 2.17. The lowest BCUT2D eigenvalue weighted by Gasteiger charge is -2.28. The van der Waals surface area contributed by atoms with Gasteiger partial charge in [0.1, 0.15) is 0 Å². The number of aryl methyl sites for hydroxylation is 1. The summed E-state index contributed by atoms with van der Waals surface area (Å²) >= 11 is 0. The Kier molecular flexibility index (Phi) is 3.89. The standard InChI is InChI=1S/C16H20N2O5/c1-17-9-8-10-6-7-11-13(12(10)17)18(15(20-2)21-3)14(19)16(11,22-4)23-5/h6-9,15H,1-5H3. The maximum Gasteiger partial charge on any atom is 0.296 e. The number of amides is 1. The Hall–Kier alpha value is -1.93. The largest absolute Gasteiger partial charge is 0.349 e. The number of carbonyl (C=O) groups is 1. The number of anilines is 1. The predicted octanol–water partition coefficient (Wildman–Crippen LogP) is 1.55. The molecule has 0 aliphatic carbocycles. The molecule has 0 radical (unpaired) electrons. The van der Waals surface area contributed by atoms with E-state index in [0.29, 0.717) is 11.3 Å². The second-order valence-corrected chi connectivity index (χ2v) is 5.30. The number of hydrogen-bond donors (Lipinski definition) is 0. The van der Waals surface area contributed by atoms with Crippen molar-refractivity contribution in [3.8, 4) is 0 Å². The number of hydrogen-bond acceptors (Lipinski definition) is 5. The van der Waals surface area contributed by atoms with Crippen LogP contribution in [0.3, 0.4) is 0 Å². The lowest BCUT2D eigenvalue weighted by molar-refractivity contribution is -0.213. The van der Waals surface area contributed by atoms with Gasteiger partial charge >= 0.3 is 0 Å². The summed E-state index contributed by atoms with van der Waals surface area (Å²) in [4.78, 5) is 14.5. The second-order valence-electron chi connectivity index (χ2n) is 5.30. The highest BCUT2D eigenvalue weighted by atomic mass is 16.7. The van der Waals surface area contributed by atoms with E-state index in [4.69, 9.17) is 18.9 Å². The van der Waals surface area contributed by atoms with Crippen LogP contribution in [0.15, 0.2) is 24.4 Å². The van der Waals surface area contributed by atoms with Gasteiger partial charge in [-0.05, 0) is 6.07 Å². The minimum atomic E-state index is -1.51. The highest BCUT2D eigenvalue weighted by Crippen LogP contribution is 2.47. The van der Waals surface area contributed by atoms with Crippen LogP contribution in [0, 0.1) is 0 Å². The zero-order chi connectivity index (χ0) is 16.8. The zero-order valence-electron chi connectivity index (χ0n) is 13.8. The zero-order valence-corrected chi connectivity index (χ0v) is 13.8. The van der Waals surface area contributed by atoms with Crippen LogP contribution >= 0.6 is 0 Å². The van der Waals surface area contributed by atoms with E-state index in [0.717, 1.165) is 10.9 Å². The molecule has 0 fully saturated rings. The highest BCUT2D eigenvalue weighted by Gasteiger charge is 2.55. The Morgan fingerprint density at radius 1 is 1.04 bits per heavy atom. The van der Waals surface area contributed by atoms with Gasteiger partial charge in [-0.1, -0.05) is 12.1 Å². The van der Waals surface area contributed by atoms with E-state index in [-0.39, 0.29) is 5.91 Å². The first kappa shape index (κ1) is 15.9. The van der Waals surface area contributed by atoms with Crippen LogP contribution in [0.2, 0.25) is 0 Å². The van der Waals surface area contributed by atoms with Crippen molar-refractivity contribution in [2.24, 2.45) is 7.05 Å². The third-order valence-electron chi connectivity index (χ3n) is 4.30. The van der Waals surface area contributed by atoms with E-state index >= 15 is 0 Å². The van der Waals surface area contributed by atoms with Gasteiger partial charge in [-0.15, -0.1) is 0 Å². The number of fused-ring (bicyclic) bond motifs is 3. The first-order chi connectivity index (χ1) is 11.1. The second kappa shape index (κ2) is 5.61. The topological polar surface area (TPSA) is 62.2 Å². The van der Waals surface area contributed by atoms with Gasteiger partial charge in [0.15, 0.2) is 0 Å². The maximum atomic E-state index is 13.1. The summed E-state index contributed by atoms with van der Waals surface area (Å²) in [6.45, 7) is 0. The summed E-state index contributed by atoms with van der Waals surface area (Å²) in [5.74, 6) is -1.90. The molecule has 2 aromatic rings. The summed E-state index contributed by atoms with van der Waals surface area (Å²) in [7, 11) is 7.76. The van der Waals surface area contributed by atoms with Crippen LogP contribution < -0.4 is 4.90 Å². The first-order valence-electron chi connectivity index (χ1n) is 7.13. The average Bonchev–Trinajstić information content (AvgIpc) is 3.06. The third kappa shape index (κ3) is 1.94. The van der Waals surface area contributed by atoms with Crippen molar-refractivity contribution in [3.05, 3.63) is 30.0 Å². The molecule has 0 bridgehead atoms. The van der Waals surface area contributed by atoms with E-state index in [1.807, 2.05) is 36.0 Å². The monoisotopic (exact) mass is 320 g/mol. The highest BCUT2D eigenvalue weighted by molar-refractivity contribution is 6.13. The Morgan fingerprint density at radius 3 is 2.26 bits per heavy atom. The summed E-state index contributed by atoms with van der Waals surface area (Å²) in [6.07, 6.45) is 1.05. The number of methoxy groups -OCH3 is 4. The van der Waals surface area contributed by atoms with Crippen LogP contribution in [0.1, 0.15) is 5.56 Å². The number of ether oxygens (including phenoxy) is 4. The molecule has 7 nitrogen and oxygen atoms in total. The lowest BCUT2D eigenvalue weighted by Crippen LogP contribution is -2.48. The molecule has 3 rings (SSSR count). The van der Waals surface area contributed by atoms with E-state index in [9.17, 15) is 4.79 Å². The molecule has 0 saturated heterocycles. The van der Waals surface area contributed by atoms with Crippen molar-refractivity contribution in [2.75, 3.05) is 33.3 Å². The lowest BCUT2D eigenvalue weighted by atomic mass is 10.0. The van der Waals surface area contributed by atoms with E-state index in [2.05, 4.69) is 0 Å². The van der Waals surface area contributed by atoms with Crippen molar-refractivity contribution in [1.29, 1.82) is 0 Å². The number of benzene rings is 1. The maximum absolute atomic E-state index is 13.1. The average molecular weight is 320 g/mol. The van der Waals surface area contributed by atoms with E-state index < -0.39 is 12.2 Å². The van der Waals surface area contributed by atoms with Crippen molar-refractivity contribution in [1.82, 2.24) is 4.57 Å². The fraction of sp³-hybridized carbons (Fsp3) is 0.438. The minimum Gasteiger partial charge on any atom is -0.349 e. The van der Waals surface area contributed by atoms with Gasteiger partial charge in [0.05, 0.1) is 11.2 Å². The van der Waals surface area contributed by atoms with Crippen LogP contribution in [0.4, 0.5) is 5.69 Å². The number of rotatable bonds is 5. The van der Waals surface area contributed by atoms with Gasteiger partial charge < -0.3 is 23.5 Å². The smallest absolute Gasteiger partial charge is 0.296 e. The molecule has 0 spiro atoms. The van der Waals surface area contributed by atoms with Gasteiger partial charge in [0, 0.05) is 52.6 Å². The molecule has 7 heteroatoms. The number of nitrogens with zero attached hydrogens (tertiary/aromatic N) is 2. The summed E-state index contributed by atoms with van der Waals surface area (Å²) < 4.78 is 23.6. The Morgan fingerprint density at radius 2 is 1.70 bits per heavy atom. The predicted molar refractivity (Wildman–Crippen MR) is 83.9 cm³/mol. The fourth-order valence-corrected chi connectivity index (χ4v) is 3.24. The molecule has 1 aliphatic rings. The molecule has 1 aromatic carbocycles. The number of aromatic nitrogens is 1. The molecule has 1 aromatic heterocycles. The molecule has 124 valence electrons. The van der Waals surface area contributed by atoms with Crippen LogP contribution in [-0.4, -0.2) is 45.3 Å². The Balaban J connectivity index is 2.37.